The Bertz CT molecular complexity index is 321. The van der Waals surface area contributed by atoms with Crippen LogP contribution in [0.15, 0.2) is 0 Å². The predicted octanol–water partition coefficient (Wildman–Crippen LogP) is 1.36. The summed E-state index contributed by atoms with van der Waals surface area (Å²) < 4.78 is 15.3. The van der Waals surface area contributed by atoms with Crippen LogP contribution in [0.1, 0.15) is 46.5 Å². The minimum Gasteiger partial charge on any atom is -0.462 e. The van der Waals surface area contributed by atoms with Gasteiger partial charge in [-0.25, -0.2) is 0 Å². The van der Waals surface area contributed by atoms with Crippen LogP contribution in [0.3, 0.4) is 0 Å². The molecule has 0 aromatic rings. The Labute approximate surface area is 112 Å². The van der Waals surface area contributed by atoms with Gasteiger partial charge in [0.2, 0.25) is 0 Å². The van der Waals surface area contributed by atoms with Gasteiger partial charge in [0.05, 0.1) is 19.3 Å². The molecule has 1 unspecified atom stereocenters. The van der Waals surface area contributed by atoms with Crippen molar-refractivity contribution in [3.63, 3.8) is 0 Å². The molecule has 1 aliphatic heterocycles. The summed E-state index contributed by atoms with van der Waals surface area (Å²) in [7, 11) is 0. The Hall–Kier alpha value is -1.59. The zero-order valence-corrected chi connectivity index (χ0v) is 11.5. The standard InChI is InChI=1S/C13H20O6/c1-4-10-7-13(16)18-8(2)5-11(14)17-9(3)6-12(15)19-10/h8-10H,4-7H2,1-3H3/t8-,9-,10?/m1/s1. The van der Waals surface area contributed by atoms with Gasteiger partial charge < -0.3 is 14.2 Å². The number of hydrogen-bond donors (Lipinski definition) is 0. The zero-order chi connectivity index (χ0) is 14.4. The van der Waals surface area contributed by atoms with Crippen molar-refractivity contribution in [2.24, 2.45) is 0 Å². The Morgan fingerprint density at radius 1 is 0.842 bits per heavy atom. The van der Waals surface area contributed by atoms with Crippen LogP contribution in [0.2, 0.25) is 0 Å². The lowest BCUT2D eigenvalue weighted by atomic mass is 10.2. The van der Waals surface area contributed by atoms with Gasteiger partial charge in [0.1, 0.15) is 18.3 Å². The third kappa shape index (κ3) is 5.72. The molecule has 1 saturated heterocycles. The molecule has 1 heterocycles. The number of esters is 3. The number of cyclic esters (lactones) is 3. The van der Waals surface area contributed by atoms with E-state index in [1.165, 1.54) is 0 Å². The molecule has 6 heteroatoms. The number of carbonyl (C=O) groups is 3. The molecular formula is C13H20O6. The van der Waals surface area contributed by atoms with E-state index in [4.69, 9.17) is 14.2 Å². The highest BCUT2D eigenvalue weighted by Crippen LogP contribution is 2.13. The highest BCUT2D eigenvalue weighted by molar-refractivity contribution is 5.75. The first kappa shape index (κ1) is 15.5. The second kappa shape index (κ2) is 7.11. The van der Waals surface area contributed by atoms with Crippen molar-refractivity contribution in [1.82, 2.24) is 0 Å². The summed E-state index contributed by atoms with van der Waals surface area (Å²) in [4.78, 5) is 34.7. The summed E-state index contributed by atoms with van der Waals surface area (Å²) in [5.41, 5.74) is 0. The Morgan fingerprint density at radius 2 is 1.26 bits per heavy atom. The number of carbonyl (C=O) groups excluding carboxylic acids is 3. The molecule has 0 amide bonds. The third-order valence-electron chi connectivity index (χ3n) is 2.72. The number of ether oxygens (including phenoxy) is 3. The first-order valence-electron chi connectivity index (χ1n) is 6.49. The quantitative estimate of drug-likeness (QED) is 0.529. The zero-order valence-electron chi connectivity index (χ0n) is 11.5. The molecule has 0 bridgehead atoms. The fraction of sp³-hybridized carbons (Fsp3) is 0.769. The maximum absolute atomic E-state index is 11.6. The molecule has 19 heavy (non-hydrogen) atoms. The lowest BCUT2D eigenvalue weighted by Crippen LogP contribution is -2.30. The largest absolute Gasteiger partial charge is 0.462 e. The molecule has 0 radical (unpaired) electrons. The van der Waals surface area contributed by atoms with E-state index < -0.39 is 36.2 Å². The summed E-state index contributed by atoms with van der Waals surface area (Å²) in [6.07, 6.45) is -1.05. The normalized spacial score (nSPS) is 30.5. The van der Waals surface area contributed by atoms with Gasteiger partial charge in [-0.2, -0.15) is 0 Å². The predicted molar refractivity (Wildman–Crippen MR) is 65.1 cm³/mol. The maximum Gasteiger partial charge on any atom is 0.309 e. The molecule has 1 fully saturated rings. The van der Waals surface area contributed by atoms with Crippen LogP contribution >= 0.6 is 0 Å². The van der Waals surface area contributed by atoms with E-state index in [1.807, 2.05) is 6.92 Å². The molecule has 1 rings (SSSR count). The molecule has 0 spiro atoms. The van der Waals surface area contributed by atoms with E-state index in [0.29, 0.717) is 6.42 Å². The molecule has 0 aromatic heterocycles. The van der Waals surface area contributed by atoms with Gasteiger partial charge in [-0.05, 0) is 20.3 Å². The Kier molecular flexibility index (Phi) is 5.79. The van der Waals surface area contributed by atoms with Gasteiger partial charge in [-0.3, -0.25) is 14.4 Å². The lowest BCUT2D eigenvalue weighted by molar-refractivity contribution is -0.165. The molecule has 0 aromatic carbocycles. The average Bonchev–Trinajstić information content (AvgIpc) is 2.25. The van der Waals surface area contributed by atoms with Crippen molar-refractivity contribution < 1.29 is 28.6 Å². The van der Waals surface area contributed by atoms with Crippen LogP contribution < -0.4 is 0 Å². The lowest BCUT2D eigenvalue weighted by Gasteiger charge is -2.21. The van der Waals surface area contributed by atoms with E-state index in [0.717, 1.165) is 0 Å². The van der Waals surface area contributed by atoms with Crippen LogP contribution in [-0.2, 0) is 28.6 Å². The topological polar surface area (TPSA) is 78.9 Å². The first-order valence-corrected chi connectivity index (χ1v) is 6.49. The van der Waals surface area contributed by atoms with Crippen molar-refractivity contribution in [3.8, 4) is 0 Å². The van der Waals surface area contributed by atoms with Gasteiger partial charge in [0, 0.05) is 0 Å². The third-order valence-corrected chi connectivity index (χ3v) is 2.72. The van der Waals surface area contributed by atoms with E-state index in [9.17, 15) is 14.4 Å². The van der Waals surface area contributed by atoms with Gasteiger partial charge in [-0.1, -0.05) is 6.92 Å². The molecule has 108 valence electrons. The van der Waals surface area contributed by atoms with Crippen LogP contribution in [0.4, 0.5) is 0 Å². The highest BCUT2D eigenvalue weighted by atomic mass is 16.6. The van der Waals surface area contributed by atoms with Crippen molar-refractivity contribution >= 4 is 17.9 Å². The first-order chi connectivity index (χ1) is 8.90. The molecule has 0 N–H and O–H groups in total. The van der Waals surface area contributed by atoms with E-state index in [-0.39, 0.29) is 19.3 Å². The van der Waals surface area contributed by atoms with Crippen LogP contribution in [0, 0.1) is 0 Å². The van der Waals surface area contributed by atoms with E-state index in [2.05, 4.69) is 0 Å². The molecular weight excluding hydrogens is 252 g/mol. The molecule has 0 saturated carbocycles. The fourth-order valence-electron chi connectivity index (χ4n) is 1.79. The number of rotatable bonds is 1. The maximum atomic E-state index is 11.6. The highest BCUT2D eigenvalue weighted by Gasteiger charge is 2.24. The van der Waals surface area contributed by atoms with E-state index in [1.54, 1.807) is 13.8 Å². The van der Waals surface area contributed by atoms with E-state index >= 15 is 0 Å². The summed E-state index contributed by atoms with van der Waals surface area (Å²) >= 11 is 0. The van der Waals surface area contributed by atoms with Crippen molar-refractivity contribution in [3.05, 3.63) is 0 Å². The van der Waals surface area contributed by atoms with Crippen molar-refractivity contribution in [2.45, 2.75) is 64.8 Å². The smallest absolute Gasteiger partial charge is 0.309 e. The Balaban J connectivity index is 2.73. The van der Waals surface area contributed by atoms with Crippen molar-refractivity contribution in [1.29, 1.82) is 0 Å². The Morgan fingerprint density at radius 3 is 1.74 bits per heavy atom. The molecule has 0 aliphatic carbocycles. The van der Waals surface area contributed by atoms with Crippen LogP contribution in [0.25, 0.3) is 0 Å². The van der Waals surface area contributed by atoms with Gasteiger partial charge in [-0.15, -0.1) is 0 Å². The monoisotopic (exact) mass is 272 g/mol. The minimum absolute atomic E-state index is 0.00827. The molecule has 6 nitrogen and oxygen atoms in total. The van der Waals surface area contributed by atoms with Gasteiger partial charge >= 0.3 is 17.9 Å². The minimum atomic E-state index is -0.542. The second-order valence-electron chi connectivity index (χ2n) is 4.73. The summed E-state index contributed by atoms with van der Waals surface area (Å²) in [6, 6.07) is 0. The van der Waals surface area contributed by atoms with Crippen molar-refractivity contribution in [2.75, 3.05) is 0 Å². The summed E-state index contributed by atoms with van der Waals surface area (Å²) in [6.45, 7) is 5.08. The molecule has 1 aliphatic rings. The second-order valence-corrected chi connectivity index (χ2v) is 4.73. The van der Waals surface area contributed by atoms with Gasteiger partial charge in [0.25, 0.3) is 0 Å². The molecule has 3 atom stereocenters. The average molecular weight is 272 g/mol. The summed E-state index contributed by atoms with van der Waals surface area (Å²) in [5, 5.41) is 0. The fourth-order valence-corrected chi connectivity index (χ4v) is 1.79. The van der Waals surface area contributed by atoms with Gasteiger partial charge in [0.15, 0.2) is 0 Å². The van der Waals surface area contributed by atoms with Crippen LogP contribution in [-0.4, -0.2) is 36.2 Å². The number of hydrogen-bond acceptors (Lipinski definition) is 6. The van der Waals surface area contributed by atoms with Crippen LogP contribution in [0.5, 0.6) is 0 Å². The summed E-state index contributed by atoms with van der Waals surface area (Å²) in [5.74, 6) is -1.45. The SMILES string of the molecule is CCC1CC(=O)O[C@H](C)CC(=O)O[C@H](C)CC(=O)O1.